The molecular formula is C24H19ClN4O3S. The number of aromatic nitrogens is 3. The predicted octanol–water partition coefficient (Wildman–Crippen LogP) is 4.86. The van der Waals surface area contributed by atoms with Gasteiger partial charge in [0.1, 0.15) is 0 Å². The Morgan fingerprint density at radius 1 is 0.939 bits per heavy atom. The van der Waals surface area contributed by atoms with Gasteiger partial charge in [-0.25, -0.2) is 0 Å². The molecule has 0 unspecified atom stereocenters. The number of para-hydroxylation sites is 1. The zero-order valence-corrected chi connectivity index (χ0v) is 18.9. The van der Waals surface area contributed by atoms with Crippen LogP contribution in [0.4, 0.5) is 5.69 Å². The van der Waals surface area contributed by atoms with Crippen LogP contribution in [0.3, 0.4) is 0 Å². The molecule has 4 aromatic rings. The number of thioether (sulfide) groups is 1. The minimum atomic E-state index is -0.537. The van der Waals surface area contributed by atoms with E-state index in [-0.39, 0.29) is 5.75 Å². The molecule has 0 saturated carbocycles. The highest BCUT2D eigenvalue weighted by Gasteiger charge is 2.18. The van der Waals surface area contributed by atoms with Crippen molar-refractivity contribution in [1.29, 1.82) is 0 Å². The predicted molar refractivity (Wildman–Crippen MR) is 129 cm³/mol. The Morgan fingerprint density at radius 3 is 2.39 bits per heavy atom. The van der Waals surface area contributed by atoms with Crippen molar-refractivity contribution in [3.05, 3.63) is 90.0 Å². The Hall–Kier alpha value is -3.62. The first-order valence-electron chi connectivity index (χ1n) is 10.0. The SMILES string of the molecule is O=C(COC(=O)CSc1nnc(-c2ccccc2)n1-c1ccccc1)Nc1cccc(Cl)c1. The number of ether oxygens (including phenoxy) is 1. The molecule has 0 fully saturated rings. The summed E-state index contributed by atoms with van der Waals surface area (Å²) in [5.74, 6) is -0.345. The topological polar surface area (TPSA) is 86.1 Å². The first kappa shape index (κ1) is 22.6. The number of hydrogen-bond acceptors (Lipinski definition) is 6. The van der Waals surface area contributed by atoms with Gasteiger partial charge in [-0.15, -0.1) is 10.2 Å². The molecular weight excluding hydrogens is 460 g/mol. The van der Waals surface area contributed by atoms with Crippen molar-refractivity contribution >= 4 is 40.9 Å². The van der Waals surface area contributed by atoms with Crippen molar-refractivity contribution in [3.63, 3.8) is 0 Å². The molecule has 0 aliphatic rings. The van der Waals surface area contributed by atoms with Gasteiger partial charge in [0.05, 0.1) is 5.75 Å². The fourth-order valence-electron chi connectivity index (χ4n) is 3.02. The number of halogens is 1. The fourth-order valence-corrected chi connectivity index (χ4v) is 3.96. The summed E-state index contributed by atoms with van der Waals surface area (Å²) < 4.78 is 6.99. The number of esters is 1. The van der Waals surface area contributed by atoms with Gasteiger partial charge in [0.2, 0.25) is 0 Å². The smallest absolute Gasteiger partial charge is 0.316 e. The van der Waals surface area contributed by atoms with Crippen LogP contribution in [0.5, 0.6) is 0 Å². The molecule has 1 heterocycles. The van der Waals surface area contributed by atoms with Gasteiger partial charge in [0.25, 0.3) is 5.91 Å². The number of amides is 1. The second-order valence-electron chi connectivity index (χ2n) is 6.85. The lowest BCUT2D eigenvalue weighted by Gasteiger charge is -2.10. The largest absolute Gasteiger partial charge is 0.455 e. The summed E-state index contributed by atoms with van der Waals surface area (Å²) in [7, 11) is 0. The van der Waals surface area contributed by atoms with Gasteiger partial charge in [-0.3, -0.25) is 14.2 Å². The summed E-state index contributed by atoms with van der Waals surface area (Å²) in [5, 5.41) is 12.3. The molecule has 4 rings (SSSR count). The summed E-state index contributed by atoms with van der Waals surface area (Å²) in [6.07, 6.45) is 0. The van der Waals surface area contributed by atoms with Crippen LogP contribution >= 0.6 is 23.4 Å². The Morgan fingerprint density at radius 2 is 1.67 bits per heavy atom. The second kappa shape index (κ2) is 10.8. The zero-order chi connectivity index (χ0) is 23.0. The van der Waals surface area contributed by atoms with Gasteiger partial charge in [0.15, 0.2) is 17.6 Å². The number of rotatable bonds is 8. The van der Waals surface area contributed by atoms with E-state index in [9.17, 15) is 9.59 Å². The third kappa shape index (κ3) is 6.00. The van der Waals surface area contributed by atoms with E-state index >= 15 is 0 Å². The highest BCUT2D eigenvalue weighted by molar-refractivity contribution is 7.99. The molecule has 0 bridgehead atoms. The van der Waals surface area contributed by atoms with Gasteiger partial charge in [0, 0.05) is 22.0 Å². The maximum atomic E-state index is 12.3. The average Bonchev–Trinajstić information content (AvgIpc) is 3.26. The van der Waals surface area contributed by atoms with Crippen molar-refractivity contribution in [1.82, 2.24) is 14.8 Å². The third-order valence-corrected chi connectivity index (χ3v) is 5.61. The van der Waals surface area contributed by atoms with E-state index in [0.717, 1.165) is 11.3 Å². The van der Waals surface area contributed by atoms with Crippen LogP contribution in [0, 0.1) is 0 Å². The number of carbonyl (C=O) groups excluding carboxylic acids is 2. The molecule has 0 radical (unpaired) electrons. The van der Waals surface area contributed by atoms with E-state index in [1.807, 2.05) is 65.2 Å². The Kier molecular flexibility index (Phi) is 7.39. The number of nitrogens with one attached hydrogen (secondary N) is 1. The number of benzene rings is 3. The molecule has 0 spiro atoms. The first-order valence-corrected chi connectivity index (χ1v) is 11.4. The van der Waals surface area contributed by atoms with Crippen LogP contribution < -0.4 is 5.32 Å². The molecule has 0 aliphatic carbocycles. The summed E-state index contributed by atoms with van der Waals surface area (Å²) in [5.41, 5.74) is 2.31. The summed E-state index contributed by atoms with van der Waals surface area (Å²) in [6.45, 7) is -0.396. The molecule has 1 aromatic heterocycles. The van der Waals surface area contributed by atoms with Gasteiger partial charge in [-0.2, -0.15) is 0 Å². The van der Waals surface area contributed by atoms with Crippen molar-refractivity contribution in [3.8, 4) is 17.1 Å². The normalized spacial score (nSPS) is 10.6. The molecule has 33 heavy (non-hydrogen) atoms. The third-order valence-electron chi connectivity index (χ3n) is 4.47. The van der Waals surface area contributed by atoms with E-state index in [1.165, 1.54) is 11.8 Å². The van der Waals surface area contributed by atoms with Crippen molar-refractivity contribution in [2.24, 2.45) is 0 Å². The maximum absolute atomic E-state index is 12.3. The lowest BCUT2D eigenvalue weighted by Crippen LogP contribution is -2.21. The van der Waals surface area contributed by atoms with Crippen LogP contribution in [0.1, 0.15) is 0 Å². The summed E-state index contributed by atoms with van der Waals surface area (Å²) in [6, 6.07) is 26.1. The lowest BCUT2D eigenvalue weighted by atomic mass is 10.2. The standard InChI is InChI=1S/C24H19ClN4O3S/c25-18-10-7-11-19(14-18)26-21(30)15-32-22(31)16-33-24-28-27-23(17-8-3-1-4-9-17)29(24)20-12-5-2-6-13-20/h1-14H,15-16H2,(H,26,30). The van der Waals surface area contributed by atoms with Crippen LogP contribution in [0.2, 0.25) is 5.02 Å². The van der Waals surface area contributed by atoms with Gasteiger partial charge in [-0.05, 0) is 30.3 Å². The fraction of sp³-hybridized carbons (Fsp3) is 0.0833. The molecule has 0 aliphatic heterocycles. The molecule has 9 heteroatoms. The summed E-state index contributed by atoms with van der Waals surface area (Å²) in [4.78, 5) is 24.3. The molecule has 1 amide bonds. The lowest BCUT2D eigenvalue weighted by molar-refractivity contribution is -0.144. The molecule has 1 N–H and O–H groups in total. The van der Waals surface area contributed by atoms with E-state index < -0.39 is 18.5 Å². The summed E-state index contributed by atoms with van der Waals surface area (Å²) >= 11 is 7.09. The first-order chi connectivity index (χ1) is 16.1. The van der Waals surface area contributed by atoms with Gasteiger partial charge in [-0.1, -0.05) is 78.0 Å². The maximum Gasteiger partial charge on any atom is 0.316 e. The monoisotopic (exact) mass is 478 g/mol. The Balaban J connectivity index is 1.40. The van der Waals surface area contributed by atoms with Crippen LogP contribution in [-0.2, 0) is 14.3 Å². The highest BCUT2D eigenvalue weighted by atomic mass is 35.5. The molecule has 0 saturated heterocycles. The van der Waals surface area contributed by atoms with Crippen LogP contribution in [0.15, 0.2) is 90.1 Å². The van der Waals surface area contributed by atoms with Crippen LogP contribution in [0.25, 0.3) is 17.1 Å². The van der Waals surface area contributed by atoms with E-state index in [4.69, 9.17) is 16.3 Å². The van der Waals surface area contributed by atoms with Crippen LogP contribution in [-0.4, -0.2) is 39.0 Å². The molecule has 166 valence electrons. The minimum Gasteiger partial charge on any atom is -0.455 e. The number of nitrogens with zero attached hydrogens (tertiary/aromatic N) is 3. The number of anilines is 1. The van der Waals surface area contributed by atoms with E-state index in [1.54, 1.807) is 24.3 Å². The van der Waals surface area contributed by atoms with Gasteiger partial charge < -0.3 is 10.1 Å². The number of carbonyl (C=O) groups is 2. The minimum absolute atomic E-state index is 0.0236. The molecule has 7 nitrogen and oxygen atoms in total. The van der Waals surface area contributed by atoms with E-state index in [2.05, 4.69) is 15.5 Å². The zero-order valence-electron chi connectivity index (χ0n) is 17.3. The van der Waals surface area contributed by atoms with Crippen molar-refractivity contribution in [2.75, 3.05) is 17.7 Å². The van der Waals surface area contributed by atoms with E-state index in [0.29, 0.717) is 21.7 Å². The van der Waals surface area contributed by atoms with Crippen molar-refractivity contribution < 1.29 is 14.3 Å². The van der Waals surface area contributed by atoms with Gasteiger partial charge >= 0.3 is 5.97 Å². The second-order valence-corrected chi connectivity index (χ2v) is 8.23. The average molecular weight is 479 g/mol. The molecule has 3 aromatic carbocycles. The Bertz CT molecular complexity index is 1250. The highest BCUT2D eigenvalue weighted by Crippen LogP contribution is 2.27. The number of hydrogen-bond donors (Lipinski definition) is 1. The quantitative estimate of drug-likeness (QED) is 0.287. The Labute approximate surface area is 199 Å². The van der Waals surface area contributed by atoms with Crippen molar-refractivity contribution in [2.45, 2.75) is 5.16 Å². The molecule has 0 atom stereocenters.